The van der Waals surface area contributed by atoms with E-state index >= 15 is 0 Å². The lowest BCUT2D eigenvalue weighted by Crippen LogP contribution is -2.06. The van der Waals surface area contributed by atoms with Gasteiger partial charge in [-0.1, -0.05) is 109 Å². The second-order valence-corrected chi connectivity index (χ2v) is 8.44. The zero-order valence-electron chi connectivity index (χ0n) is 17.5. The van der Waals surface area contributed by atoms with E-state index in [2.05, 4.69) is 32.6 Å². The largest absolute Gasteiger partial charge is 0.103 e. The third kappa shape index (κ3) is 10.9. The molecule has 1 saturated carbocycles. The van der Waals surface area contributed by atoms with Gasteiger partial charge >= 0.3 is 0 Å². The van der Waals surface area contributed by atoms with Gasteiger partial charge in [0.15, 0.2) is 0 Å². The first-order valence-electron chi connectivity index (χ1n) is 11.6. The van der Waals surface area contributed by atoms with Gasteiger partial charge in [-0.05, 0) is 43.4 Å². The van der Waals surface area contributed by atoms with Gasteiger partial charge in [0, 0.05) is 0 Å². The van der Waals surface area contributed by atoms with Gasteiger partial charge < -0.3 is 0 Å². The quantitative estimate of drug-likeness (QED) is 0.217. The van der Waals surface area contributed by atoms with Gasteiger partial charge in [-0.15, -0.1) is 6.58 Å². The molecule has 0 heteroatoms. The normalized spacial score (nSPS) is 23.5. The zero-order chi connectivity index (χ0) is 18.2. The van der Waals surface area contributed by atoms with Gasteiger partial charge in [-0.2, -0.15) is 0 Å². The molecule has 3 unspecified atom stereocenters. The molecule has 146 valence electrons. The van der Waals surface area contributed by atoms with E-state index in [1.807, 2.05) is 6.08 Å². The first-order chi connectivity index (χ1) is 12.3. The lowest BCUT2D eigenvalue weighted by Gasteiger charge is -2.17. The van der Waals surface area contributed by atoms with Crippen LogP contribution < -0.4 is 0 Å². The Morgan fingerprint density at radius 3 is 1.80 bits per heavy atom. The van der Waals surface area contributed by atoms with E-state index < -0.39 is 0 Å². The summed E-state index contributed by atoms with van der Waals surface area (Å²) in [6.07, 6.45) is 29.9. The van der Waals surface area contributed by atoms with E-state index in [0.717, 1.165) is 17.8 Å². The molecule has 0 aromatic rings. The van der Waals surface area contributed by atoms with Gasteiger partial charge in [-0.3, -0.25) is 0 Å². The number of hydrogen-bond donors (Lipinski definition) is 0. The average molecular weight is 347 g/mol. The van der Waals surface area contributed by atoms with Crippen LogP contribution in [0.4, 0.5) is 0 Å². The third-order valence-corrected chi connectivity index (χ3v) is 6.11. The van der Waals surface area contributed by atoms with Crippen LogP contribution >= 0.6 is 0 Å². The molecule has 1 fully saturated rings. The summed E-state index contributed by atoms with van der Waals surface area (Å²) >= 11 is 0. The van der Waals surface area contributed by atoms with Crippen molar-refractivity contribution in [2.75, 3.05) is 0 Å². The van der Waals surface area contributed by atoms with Crippen molar-refractivity contribution < 1.29 is 0 Å². The van der Waals surface area contributed by atoms with Gasteiger partial charge in [0.25, 0.3) is 0 Å². The van der Waals surface area contributed by atoms with E-state index in [1.165, 1.54) is 103 Å². The fraction of sp³-hybridized carbons (Fsp3) is 0.840. The first-order valence-corrected chi connectivity index (χ1v) is 11.6. The highest BCUT2D eigenvalue weighted by Crippen LogP contribution is 2.45. The van der Waals surface area contributed by atoms with Crippen molar-refractivity contribution in [1.82, 2.24) is 0 Å². The monoisotopic (exact) mass is 346 g/mol. The minimum Gasteiger partial charge on any atom is -0.103 e. The Balaban J connectivity index is 0.000000450. The van der Waals surface area contributed by atoms with Crippen molar-refractivity contribution in [3.8, 4) is 0 Å². The molecule has 0 amide bonds. The van der Waals surface area contributed by atoms with Gasteiger partial charge in [0.2, 0.25) is 0 Å². The predicted octanol–water partition coefficient (Wildman–Crippen LogP) is 8.87. The minimum atomic E-state index is 0.970. The molecule has 0 N–H and O–H groups in total. The molecular weight excluding hydrogens is 300 g/mol. The van der Waals surface area contributed by atoms with Gasteiger partial charge in [-0.25, -0.2) is 0 Å². The molecule has 2 rings (SSSR count). The molecule has 2 aliphatic carbocycles. The second-order valence-electron chi connectivity index (χ2n) is 8.44. The van der Waals surface area contributed by atoms with Gasteiger partial charge in [0.1, 0.15) is 0 Å². The summed E-state index contributed by atoms with van der Waals surface area (Å²) in [5, 5.41) is 0. The fourth-order valence-corrected chi connectivity index (χ4v) is 4.47. The Morgan fingerprint density at radius 1 is 0.760 bits per heavy atom. The van der Waals surface area contributed by atoms with Crippen LogP contribution in [0.25, 0.3) is 0 Å². The second kappa shape index (κ2) is 15.7. The van der Waals surface area contributed by atoms with Crippen LogP contribution in [0, 0.1) is 17.8 Å². The van der Waals surface area contributed by atoms with Crippen LogP contribution in [0.2, 0.25) is 0 Å². The molecule has 0 saturated heterocycles. The van der Waals surface area contributed by atoms with Crippen LogP contribution in [0.3, 0.4) is 0 Å². The molecule has 2 bridgehead atoms. The van der Waals surface area contributed by atoms with Crippen molar-refractivity contribution >= 4 is 0 Å². The first kappa shape index (κ1) is 22.5. The van der Waals surface area contributed by atoms with E-state index in [4.69, 9.17) is 0 Å². The molecule has 0 aliphatic heterocycles. The van der Waals surface area contributed by atoms with Crippen LogP contribution in [-0.4, -0.2) is 0 Å². The van der Waals surface area contributed by atoms with Crippen molar-refractivity contribution in [2.45, 2.75) is 117 Å². The molecule has 0 spiro atoms. The summed E-state index contributed by atoms with van der Waals surface area (Å²) in [6.45, 7) is 8.08. The maximum Gasteiger partial charge on any atom is -0.0199 e. The maximum atomic E-state index is 3.60. The minimum absolute atomic E-state index is 0.970. The van der Waals surface area contributed by atoms with E-state index in [9.17, 15) is 0 Å². The topological polar surface area (TPSA) is 0 Å². The Kier molecular flexibility index (Phi) is 14.2. The molecule has 25 heavy (non-hydrogen) atoms. The smallest absolute Gasteiger partial charge is 0.0199 e. The van der Waals surface area contributed by atoms with E-state index in [-0.39, 0.29) is 0 Å². The van der Waals surface area contributed by atoms with Crippen LogP contribution in [-0.2, 0) is 0 Å². The SMILES string of the molecule is C=CCCCC.CCCCCCCCCCCCC1CC2C=CC1C2. The van der Waals surface area contributed by atoms with Crippen LogP contribution in [0.15, 0.2) is 24.8 Å². The number of rotatable bonds is 14. The van der Waals surface area contributed by atoms with Crippen molar-refractivity contribution in [3.05, 3.63) is 24.8 Å². The summed E-state index contributed by atoms with van der Waals surface area (Å²) in [4.78, 5) is 0. The average Bonchev–Trinajstić information content (AvgIpc) is 3.25. The molecule has 0 aromatic heterocycles. The van der Waals surface area contributed by atoms with Crippen LogP contribution in [0.5, 0.6) is 0 Å². The summed E-state index contributed by atoms with van der Waals surface area (Å²) in [5.41, 5.74) is 0. The number of allylic oxidation sites excluding steroid dienone is 3. The Labute approximate surface area is 159 Å². The van der Waals surface area contributed by atoms with Crippen molar-refractivity contribution in [2.24, 2.45) is 17.8 Å². The lowest BCUT2D eigenvalue weighted by molar-refractivity contribution is 0.393. The molecule has 0 nitrogen and oxygen atoms in total. The van der Waals surface area contributed by atoms with Crippen molar-refractivity contribution in [1.29, 1.82) is 0 Å². The summed E-state index contributed by atoms with van der Waals surface area (Å²) in [7, 11) is 0. The third-order valence-electron chi connectivity index (χ3n) is 6.11. The molecule has 0 radical (unpaired) electrons. The predicted molar refractivity (Wildman–Crippen MR) is 115 cm³/mol. The van der Waals surface area contributed by atoms with Gasteiger partial charge in [0.05, 0.1) is 0 Å². The number of hydrogen-bond acceptors (Lipinski definition) is 0. The Morgan fingerprint density at radius 2 is 1.36 bits per heavy atom. The number of unbranched alkanes of at least 4 members (excludes halogenated alkanes) is 11. The number of fused-ring (bicyclic) bond motifs is 2. The Hall–Kier alpha value is -0.520. The zero-order valence-corrected chi connectivity index (χ0v) is 17.5. The molecule has 3 atom stereocenters. The fourth-order valence-electron chi connectivity index (χ4n) is 4.47. The molecule has 0 aromatic carbocycles. The molecule has 2 aliphatic rings. The summed E-state index contributed by atoms with van der Waals surface area (Å²) in [6, 6.07) is 0. The molecule has 0 heterocycles. The Bertz CT molecular complexity index is 327. The molecular formula is C25H46. The highest BCUT2D eigenvalue weighted by Gasteiger charge is 2.34. The highest BCUT2D eigenvalue weighted by atomic mass is 14.4. The highest BCUT2D eigenvalue weighted by molar-refractivity contribution is 5.09. The summed E-state index contributed by atoms with van der Waals surface area (Å²) in [5.74, 6) is 3.01. The maximum absolute atomic E-state index is 3.60. The summed E-state index contributed by atoms with van der Waals surface area (Å²) < 4.78 is 0. The lowest BCUT2D eigenvalue weighted by atomic mass is 9.88. The van der Waals surface area contributed by atoms with Crippen molar-refractivity contribution in [3.63, 3.8) is 0 Å². The van der Waals surface area contributed by atoms with E-state index in [0.29, 0.717) is 0 Å². The standard InChI is InChI=1S/C19H34.C6H12/c1-2-3-4-5-6-7-8-9-10-11-12-18-15-17-13-14-19(18)16-17;1-3-5-6-4-2/h13-14,17-19H,2-12,15-16H2,1H3;3H,1,4-6H2,2H3. The van der Waals surface area contributed by atoms with Crippen LogP contribution in [0.1, 0.15) is 117 Å². The van der Waals surface area contributed by atoms with E-state index in [1.54, 1.807) is 0 Å².